The van der Waals surface area contributed by atoms with Gasteiger partial charge in [-0.15, -0.1) is 0 Å². The average Bonchev–Trinajstić information content (AvgIpc) is 2.70. The smallest absolute Gasteiger partial charge is 0.332 e. The van der Waals surface area contributed by atoms with Gasteiger partial charge in [0.05, 0.1) is 12.7 Å². The van der Waals surface area contributed by atoms with Crippen molar-refractivity contribution in [2.75, 3.05) is 13.2 Å². The molecule has 0 aromatic carbocycles. The number of hydrogen-bond donors (Lipinski definition) is 1. The average molecular weight is 284 g/mol. The van der Waals surface area contributed by atoms with E-state index in [2.05, 4.69) is 20.8 Å². The molecular formula is C16H28O4. The Morgan fingerprint density at radius 3 is 2.55 bits per heavy atom. The van der Waals surface area contributed by atoms with Gasteiger partial charge < -0.3 is 14.6 Å². The van der Waals surface area contributed by atoms with Crippen LogP contribution in [0.5, 0.6) is 0 Å². The fourth-order valence-corrected chi connectivity index (χ4v) is 4.18. The summed E-state index contributed by atoms with van der Waals surface area (Å²) >= 11 is 0. The van der Waals surface area contributed by atoms with E-state index >= 15 is 0 Å². The summed E-state index contributed by atoms with van der Waals surface area (Å²) in [5.74, 6) is -0.144. The predicted molar refractivity (Wildman–Crippen MR) is 76.6 cm³/mol. The molecular weight excluding hydrogens is 256 g/mol. The molecule has 4 nitrogen and oxygen atoms in total. The quantitative estimate of drug-likeness (QED) is 0.780. The van der Waals surface area contributed by atoms with Crippen molar-refractivity contribution < 1.29 is 19.4 Å². The van der Waals surface area contributed by atoms with Crippen molar-refractivity contribution in [3.63, 3.8) is 0 Å². The number of fused-ring (bicyclic) bond motifs is 2. The molecule has 0 aromatic heterocycles. The van der Waals surface area contributed by atoms with Crippen LogP contribution in [0.1, 0.15) is 53.4 Å². The molecule has 2 aliphatic rings. The maximum atomic E-state index is 11.0. The Hall–Kier alpha value is -0.610. The van der Waals surface area contributed by atoms with Crippen LogP contribution in [0.4, 0.5) is 0 Å². The first-order chi connectivity index (χ1) is 9.33. The molecule has 0 amide bonds. The fraction of sp³-hybridized carbons (Fsp3) is 0.938. The van der Waals surface area contributed by atoms with Gasteiger partial charge in [-0.2, -0.15) is 0 Å². The Labute approximate surface area is 121 Å². The number of carboxylic acid groups (broad SMARTS) is 1. The van der Waals surface area contributed by atoms with Crippen molar-refractivity contribution in [2.45, 2.75) is 65.6 Å². The summed E-state index contributed by atoms with van der Waals surface area (Å²) in [6.45, 7) is 9.76. The van der Waals surface area contributed by atoms with Gasteiger partial charge in [0.1, 0.15) is 0 Å². The second-order valence-corrected chi connectivity index (χ2v) is 7.04. The summed E-state index contributed by atoms with van der Waals surface area (Å²) < 4.78 is 11.3. The molecule has 20 heavy (non-hydrogen) atoms. The molecule has 0 spiro atoms. The van der Waals surface area contributed by atoms with Gasteiger partial charge in [-0.05, 0) is 42.9 Å². The van der Waals surface area contributed by atoms with Crippen molar-refractivity contribution in [1.29, 1.82) is 0 Å². The van der Waals surface area contributed by atoms with E-state index in [0.717, 1.165) is 12.3 Å². The molecule has 4 unspecified atom stereocenters. The number of ether oxygens (including phenoxy) is 2. The maximum Gasteiger partial charge on any atom is 0.332 e. The van der Waals surface area contributed by atoms with Crippen LogP contribution >= 0.6 is 0 Å². The molecule has 0 heterocycles. The number of carboxylic acids is 1. The molecule has 4 heteroatoms. The monoisotopic (exact) mass is 284 g/mol. The molecule has 4 atom stereocenters. The van der Waals surface area contributed by atoms with Crippen molar-refractivity contribution in [2.24, 2.45) is 16.7 Å². The summed E-state index contributed by atoms with van der Waals surface area (Å²) in [7, 11) is 0. The van der Waals surface area contributed by atoms with Crippen molar-refractivity contribution in [3.05, 3.63) is 0 Å². The Kier molecular flexibility index (Phi) is 4.45. The van der Waals surface area contributed by atoms with E-state index in [0.29, 0.717) is 25.0 Å². The number of hydrogen-bond acceptors (Lipinski definition) is 3. The van der Waals surface area contributed by atoms with Crippen LogP contribution in [0.3, 0.4) is 0 Å². The molecule has 116 valence electrons. The van der Waals surface area contributed by atoms with Crippen LogP contribution in [0.15, 0.2) is 0 Å². The highest BCUT2D eigenvalue weighted by Gasteiger charge is 2.61. The van der Waals surface area contributed by atoms with E-state index in [-0.39, 0.29) is 11.5 Å². The maximum absolute atomic E-state index is 11.0. The van der Waals surface area contributed by atoms with Gasteiger partial charge in [0.2, 0.25) is 0 Å². The van der Waals surface area contributed by atoms with Crippen molar-refractivity contribution in [3.8, 4) is 0 Å². The van der Waals surface area contributed by atoms with Crippen molar-refractivity contribution >= 4 is 5.97 Å². The zero-order valence-corrected chi connectivity index (χ0v) is 13.1. The second kappa shape index (κ2) is 5.64. The third-order valence-corrected chi connectivity index (χ3v) is 6.06. The molecule has 0 aliphatic heterocycles. The Morgan fingerprint density at radius 2 is 2.10 bits per heavy atom. The topological polar surface area (TPSA) is 55.8 Å². The summed E-state index contributed by atoms with van der Waals surface area (Å²) in [6.07, 6.45) is 3.62. The Morgan fingerprint density at radius 1 is 1.40 bits per heavy atom. The highest BCUT2D eigenvalue weighted by atomic mass is 16.5. The lowest BCUT2D eigenvalue weighted by Gasteiger charge is -2.39. The molecule has 2 rings (SSSR count). The number of carbonyl (C=O) groups is 1. The molecule has 0 radical (unpaired) electrons. The molecule has 2 aliphatic carbocycles. The summed E-state index contributed by atoms with van der Waals surface area (Å²) in [5.41, 5.74) is 0.575. The van der Waals surface area contributed by atoms with Gasteiger partial charge in [0.25, 0.3) is 0 Å². The minimum atomic E-state index is -0.894. The molecule has 1 N–H and O–H groups in total. The van der Waals surface area contributed by atoms with Gasteiger partial charge in [-0.1, -0.05) is 20.8 Å². The second-order valence-electron chi connectivity index (χ2n) is 7.04. The molecule has 2 saturated carbocycles. The summed E-state index contributed by atoms with van der Waals surface area (Å²) in [5, 5.41) is 9.05. The Bertz CT molecular complexity index is 365. The van der Waals surface area contributed by atoms with E-state index in [4.69, 9.17) is 14.6 Å². The highest BCUT2D eigenvalue weighted by Crippen LogP contribution is 2.66. The normalized spacial score (nSPS) is 36.2. The van der Waals surface area contributed by atoms with Gasteiger partial charge in [-0.25, -0.2) is 4.79 Å². The van der Waals surface area contributed by atoms with Crippen LogP contribution in [-0.2, 0) is 14.3 Å². The van der Waals surface area contributed by atoms with Crippen LogP contribution in [-0.4, -0.2) is 36.5 Å². The molecule has 0 saturated heterocycles. The van der Waals surface area contributed by atoms with Crippen LogP contribution < -0.4 is 0 Å². The van der Waals surface area contributed by atoms with E-state index in [1.807, 2.05) is 6.92 Å². The third kappa shape index (κ3) is 2.48. The zero-order chi connectivity index (χ0) is 15.0. The lowest BCUT2D eigenvalue weighted by atomic mass is 9.70. The molecule has 0 aromatic rings. The summed E-state index contributed by atoms with van der Waals surface area (Å²) in [6, 6.07) is 0. The summed E-state index contributed by atoms with van der Waals surface area (Å²) in [4.78, 5) is 11.0. The van der Waals surface area contributed by atoms with Crippen molar-refractivity contribution in [1.82, 2.24) is 0 Å². The highest BCUT2D eigenvalue weighted by molar-refractivity contribution is 5.72. The number of rotatable bonds is 7. The zero-order valence-electron chi connectivity index (χ0n) is 13.1. The SMILES string of the molecule is CCOC(CCOC1CC2CCC1(C)C2(C)C)C(=O)O. The van der Waals surface area contributed by atoms with Crippen LogP contribution in [0.2, 0.25) is 0 Å². The first-order valence-corrected chi connectivity index (χ1v) is 7.79. The molecule has 2 bridgehead atoms. The van der Waals surface area contributed by atoms with E-state index < -0.39 is 12.1 Å². The molecule has 2 fully saturated rings. The van der Waals surface area contributed by atoms with Gasteiger partial charge in [0, 0.05) is 13.0 Å². The fourth-order valence-electron chi connectivity index (χ4n) is 4.18. The third-order valence-electron chi connectivity index (χ3n) is 6.06. The first kappa shape index (κ1) is 15.8. The lowest BCUT2D eigenvalue weighted by Crippen LogP contribution is -2.38. The largest absolute Gasteiger partial charge is 0.479 e. The first-order valence-electron chi connectivity index (χ1n) is 7.79. The standard InChI is InChI=1S/C16H28O4/c1-5-19-12(14(17)18)7-9-20-13-10-11-6-8-16(13,4)15(11,2)3/h11-13H,5-10H2,1-4H3,(H,17,18). The lowest BCUT2D eigenvalue weighted by molar-refractivity contribution is -0.152. The number of aliphatic carboxylic acids is 1. The minimum Gasteiger partial charge on any atom is -0.479 e. The van der Waals surface area contributed by atoms with Crippen LogP contribution in [0, 0.1) is 16.7 Å². The van der Waals surface area contributed by atoms with E-state index in [1.165, 1.54) is 12.8 Å². The minimum absolute atomic E-state index is 0.238. The van der Waals surface area contributed by atoms with Crippen LogP contribution in [0.25, 0.3) is 0 Å². The van der Waals surface area contributed by atoms with Gasteiger partial charge in [0.15, 0.2) is 6.10 Å². The predicted octanol–water partition coefficient (Wildman–Crippen LogP) is 3.10. The van der Waals surface area contributed by atoms with E-state index in [1.54, 1.807) is 0 Å². The van der Waals surface area contributed by atoms with Gasteiger partial charge >= 0.3 is 5.97 Å². The van der Waals surface area contributed by atoms with E-state index in [9.17, 15) is 4.79 Å². The van der Waals surface area contributed by atoms with Gasteiger partial charge in [-0.3, -0.25) is 0 Å². The Balaban J connectivity index is 1.85.